The number of rotatable bonds is 2. The van der Waals surface area contributed by atoms with Crippen molar-refractivity contribution in [3.05, 3.63) is 58.1 Å². The summed E-state index contributed by atoms with van der Waals surface area (Å²) in [6, 6.07) is 9.87. The quantitative estimate of drug-likeness (QED) is 0.507. The maximum absolute atomic E-state index is 12.1. The lowest BCUT2D eigenvalue weighted by Crippen LogP contribution is -2.55. The molecule has 0 radical (unpaired) electrons. The van der Waals surface area contributed by atoms with E-state index < -0.39 is 0 Å². The molecule has 1 aromatic heterocycles. The molecule has 1 atom stereocenters. The highest BCUT2D eigenvalue weighted by Crippen LogP contribution is 2.48. The molecule has 2 aliphatic heterocycles. The summed E-state index contributed by atoms with van der Waals surface area (Å²) in [5.41, 5.74) is 8.80. The minimum Gasteiger partial charge on any atom is -0.490 e. The van der Waals surface area contributed by atoms with Crippen molar-refractivity contribution in [1.29, 1.82) is 5.26 Å². The molecule has 2 N–H and O–H groups in total. The number of carbonyl (C=O) groups excluding carboxylic acids is 1. The van der Waals surface area contributed by atoms with E-state index in [1.54, 1.807) is 4.90 Å². The number of anilines is 1. The highest BCUT2D eigenvalue weighted by Gasteiger charge is 2.33. The molecule has 0 aliphatic carbocycles. The van der Waals surface area contributed by atoms with Crippen LogP contribution in [0.4, 0.5) is 5.00 Å². The van der Waals surface area contributed by atoms with E-state index in [0.717, 1.165) is 27.8 Å². The zero-order valence-electron chi connectivity index (χ0n) is 17.6. The summed E-state index contributed by atoms with van der Waals surface area (Å²) in [6.45, 7) is 6.53. The molecule has 33 heavy (non-hydrogen) atoms. The van der Waals surface area contributed by atoms with E-state index in [1.807, 2.05) is 24.3 Å². The number of nitrogens with zero attached hydrogens (tertiary/aromatic N) is 3. The van der Waals surface area contributed by atoms with Crippen LogP contribution in [0.15, 0.2) is 36.9 Å². The Balaban J connectivity index is 1.58. The molecule has 5 rings (SSSR count). The summed E-state index contributed by atoms with van der Waals surface area (Å²) < 4.78 is 7.12. The van der Waals surface area contributed by atoms with Crippen LogP contribution >= 0.6 is 34.5 Å². The number of hydrogen-bond donors (Lipinski definition) is 1. The third kappa shape index (κ3) is 3.64. The average molecular weight is 499 g/mol. The zero-order valence-corrected chi connectivity index (χ0v) is 19.9. The van der Waals surface area contributed by atoms with Gasteiger partial charge < -0.3 is 15.4 Å². The van der Waals surface area contributed by atoms with Crippen LogP contribution < -0.4 is 10.5 Å². The number of fused-ring (bicyclic) bond motifs is 3. The first-order valence-corrected chi connectivity index (χ1v) is 12.0. The molecule has 0 unspecified atom stereocenters. The van der Waals surface area contributed by atoms with Gasteiger partial charge in [0.15, 0.2) is 0 Å². The number of benzene rings is 2. The molecule has 0 saturated carbocycles. The van der Waals surface area contributed by atoms with Crippen molar-refractivity contribution in [2.75, 3.05) is 32.0 Å². The van der Waals surface area contributed by atoms with E-state index in [1.165, 1.54) is 17.4 Å². The van der Waals surface area contributed by atoms with Gasteiger partial charge in [-0.3, -0.25) is 9.69 Å². The lowest BCUT2D eigenvalue weighted by molar-refractivity contribution is -0.129. The molecule has 9 heteroatoms. The number of amides is 1. The van der Waals surface area contributed by atoms with Gasteiger partial charge in [0.05, 0.1) is 21.7 Å². The SMILES string of the molecule is C=CC(=O)N1CCN2Cc3cc(Cl)c(-c4cccc5sc(N)c(C#N)c45)c(Cl)c3OC[C@@H]2C1. The summed E-state index contributed by atoms with van der Waals surface area (Å²) in [7, 11) is 0. The van der Waals surface area contributed by atoms with E-state index >= 15 is 0 Å². The maximum Gasteiger partial charge on any atom is 0.246 e. The molecule has 3 aromatic rings. The molecule has 0 spiro atoms. The molecule has 0 bridgehead atoms. The number of nitriles is 1. The Morgan fingerprint density at radius 3 is 2.94 bits per heavy atom. The molecular formula is C24H20Cl2N4O2S. The van der Waals surface area contributed by atoms with Gasteiger partial charge in [-0.25, -0.2) is 0 Å². The van der Waals surface area contributed by atoms with E-state index in [-0.39, 0.29) is 11.9 Å². The van der Waals surface area contributed by atoms with Gasteiger partial charge in [0, 0.05) is 47.4 Å². The average Bonchev–Trinajstić information content (AvgIpc) is 3.02. The summed E-state index contributed by atoms with van der Waals surface area (Å²) >= 11 is 15.1. The highest BCUT2D eigenvalue weighted by atomic mass is 35.5. The number of nitrogen functional groups attached to an aromatic ring is 1. The van der Waals surface area contributed by atoms with Crippen LogP contribution in [0.25, 0.3) is 21.2 Å². The second kappa shape index (κ2) is 8.54. The fraction of sp³-hybridized carbons (Fsp3) is 0.250. The number of nitrogens with two attached hydrogens (primary N) is 1. The Morgan fingerprint density at radius 2 is 2.18 bits per heavy atom. The normalized spacial score (nSPS) is 18.1. The predicted octanol–water partition coefficient (Wildman–Crippen LogP) is 4.92. The largest absolute Gasteiger partial charge is 0.490 e. The fourth-order valence-electron chi connectivity index (χ4n) is 4.64. The Labute approximate surface area is 205 Å². The van der Waals surface area contributed by atoms with Crippen LogP contribution in [0.1, 0.15) is 11.1 Å². The van der Waals surface area contributed by atoms with Crippen LogP contribution in [-0.4, -0.2) is 48.0 Å². The van der Waals surface area contributed by atoms with E-state index in [9.17, 15) is 10.1 Å². The van der Waals surface area contributed by atoms with Crippen molar-refractivity contribution < 1.29 is 9.53 Å². The van der Waals surface area contributed by atoms with Crippen molar-refractivity contribution in [1.82, 2.24) is 9.80 Å². The van der Waals surface area contributed by atoms with Gasteiger partial charge in [-0.05, 0) is 23.8 Å². The second-order valence-corrected chi connectivity index (χ2v) is 9.96. The first-order valence-electron chi connectivity index (χ1n) is 10.4. The van der Waals surface area contributed by atoms with Crippen molar-refractivity contribution in [2.45, 2.75) is 12.6 Å². The van der Waals surface area contributed by atoms with Crippen LogP contribution in [-0.2, 0) is 11.3 Å². The lowest BCUT2D eigenvalue weighted by atomic mass is 9.97. The van der Waals surface area contributed by atoms with Crippen molar-refractivity contribution in [3.8, 4) is 22.9 Å². The minimum atomic E-state index is -0.0730. The summed E-state index contributed by atoms with van der Waals surface area (Å²) in [5, 5.41) is 11.8. The van der Waals surface area contributed by atoms with Gasteiger partial charge in [-0.15, -0.1) is 11.3 Å². The predicted molar refractivity (Wildman–Crippen MR) is 133 cm³/mol. The van der Waals surface area contributed by atoms with Gasteiger partial charge in [0.2, 0.25) is 5.91 Å². The molecule has 1 amide bonds. The minimum absolute atomic E-state index is 0.0404. The summed E-state index contributed by atoms with van der Waals surface area (Å²) in [5.74, 6) is 0.516. The van der Waals surface area contributed by atoms with Crippen molar-refractivity contribution in [3.63, 3.8) is 0 Å². The van der Waals surface area contributed by atoms with Gasteiger partial charge in [0.25, 0.3) is 0 Å². The third-order valence-electron chi connectivity index (χ3n) is 6.26. The molecule has 2 aliphatic rings. The molecule has 6 nitrogen and oxygen atoms in total. The number of hydrogen-bond acceptors (Lipinski definition) is 6. The number of thiophene rings is 1. The van der Waals surface area contributed by atoms with Gasteiger partial charge in [-0.1, -0.05) is 41.9 Å². The smallest absolute Gasteiger partial charge is 0.246 e. The molecule has 3 heterocycles. The van der Waals surface area contributed by atoms with Crippen molar-refractivity contribution >= 4 is 55.5 Å². The van der Waals surface area contributed by atoms with Gasteiger partial charge in [0.1, 0.15) is 23.4 Å². The summed E-state index contributed by atoms with van der Waals surface area (Å²) in [4.78, 5) is 16.2. The Hall–Kier alpha value is -2.76. The van der Waals surface area contributed by atoms with Crippen LogP contribution in [0.3, 0.4) is 0 Å². The second-order valence-electron chi connectivity index (χ2n) is 8.09. The van der Waals surface area contributed by atoms with Crippen molar-refractivity contribution in [2.24, 2.45) is 0 Å². The van der Waals surface area contributed by atoms with E-state index in [0.29, 0.717) is 58.2 Å². The Morgan fingerprint density at radius 1 is 1.36 bits per heavy atom. The zero-order chi connectivity index (χ0) is 23.3. The van der Waals surface area contributed by atoms with E-state index in [4.69, 9.17) is 33.7 Å². The number of piperazine rings is 1. The molecule has 1 fully saturated rings. The Kier molecular flexibility index (Phi) is 5.71. The van der Waals surface area contributed by atoms with Crippen LogP contribution in [0, 0.1) is 11.3 Å². The number of carbonyl (C=O) groups is 1. The topological polar surface area (TPSA) is 82.6 Å². The van der Waals surface area contributed by atoms with Crippen LogP contribution in [0.2, 0.25) is 10.0 Å². The standard InChI is InChI=1S/C24H20Cl2N4O2S/c1-2-19(31)30-7-6-29-10-13-8-17(25)21(22(26)23(13)32-12-14(29)11-30)15-4-3-5-18-20(15)16(9-27)24(28)33-18/h2-5,8,14H,1,6-7,10-12,28H2/t14-/m0/s1. The summed E-state index contributed by atoms with van der Waals surface area (Å²) in [6.07, 6.45) is 1.35. The number of ether oxygens (including phenoxy) is 1. The van der Waals surface area contributed by atoms with E-state index in [2.05, 4.69) is 17.5 Å². The van der Waals surface area contributed by atoms with Crippen LogP contribution in [0.5, 0.6) is 5.75 Å². The fourth-order valence-corrected chi connectivity index (χ4v) is 6.35. The Bertz CT molecular complexity index is 1350. The third-order valence-corrected chi connectivity index (χ3v) is 7.90. The molecule has 2 aromatic carbocycles. The van der Waals surface area contributed by atoms with Gasteiger partial charge >= 0.3 is 0 Å². The molecule has 1 saturated heterocycles. The first-order chi connectivity index (χ1) is 15.9. The monoisotopic (exact) mass is 498 g/mol. The molecule has 168 valence electrons. The number of halogens is 2. The maximum atomic E-state index is 12.1. The first kappa shape index (κ1) is 22.1. The lowest BCUT2D eigenvalue weighted by Gasteiger charge is -2.39. The highest BCUT2D eigenvalue weighted by molar-refractivity contribution is 7.23. The van der Waals surface area contributed by atoms with Gasteiger partial charge in [-0.2, -0.15) is 5.26 Å². The molecular weight excluding hydrogens is 479 g/mol.